The molecule has 8 heteroatoms. The van der Waals surface area contributed by atoms with Gasteiger partial charge >= 0.3 is 0 Å². The molecule has 0 bridgehead atoms. The number of nitrogens with one attached hydrogen (secondary N) is 1. The minimum atomic E-state index is -3.62. The van der Waals surface area contributed by atoms with Gasteiger partial charge in [-0.05, 0) is 19.1 Å². The quantitative estimate of drug-likeness (QED) is 0.739. The number of thiocarbonyl (C=S) groups is 1. The van der Waals surface area contributed by atoms with Crippen molar-refractivity contribution in [2.24, 2.45) is 5.73 Å². The lowest BCUT2D eigenvalue weighted by molar-refractivity contribution is 0.570. The van der Waals surface area contributed by atoms with E-state index in [0.29, 0.717) is 5.56 Å². The zero-order valence-corrected chi connectivity index (χ0v) is 13.1. The van der Waals surface area contributed by atoms with Crippen LogP contribution in [0.3, 0.4) is 0 Å². The maximum absolute atomic E-state index is 12.0. The van der Waals surface area contributed by atoms with Crippen molar-refractivity contribution in [2.45, 2.75) is 17.9 Å². The first kappa shape index (κ1) is 16.2. The van der Waals surface area contributed by atoms with Crippen molar-refractivity contribution >= 4 is 38.0 Å². The van der Waals surface area contributed by atoms with Gasteiger partial charge < -0.3 is 5.73 Å². The van der Waals surface area contributed by atoms with Gasteiger partial charge in [-0.25, -0.2) is 13.1 Å². The lowest BCUT2D eigenvalue weighted by Crippen LogP contribution is -2.36. The molecule has 1 rings (SSSR count). The normalized spacial score (nSPS) is 14.8. The van der Waals surface area contributed by atoms with Crippen LogP contribution in [0.1, 0.15) is 12.5 Å². The third-order valence-corrected chi connectivity index (χ3v) is 5.10. The molecule has 2 unspecified atom stereocenters. The van der Waals surface area contributed by atoms with Crippen molar-refractivity contribution in [1.29, 1.82) is 0 Å². The molecule has 2 atom stereocenters. The molecule has 0 radical (unpaired) electrons. The fourth-order valence-electron chi connectivity index (χ4n) is 1.52. The highest BCUT2D eigenvalue weighted by Crippen LogP contribution is 2.11. The van der Waals surface area contributed by atoms with Gasteiger partial charge in [0.05, 0.1) is 4.90 Å². The van der Waals surface area contributed by atoms with Gasteiger partial charge in [0, 0.05) is 34.4 Å². The summed E-state index contributed by atoms with van der Waals surface area (Å²) in [5.41, 5.74) is 6.05. The Balaban J connectivity index is 2.88. The summed E-state index contributed by atoms with van der Waals surface area (Å²) in [4.78, 5) is 0.341. The van der Waals surface area contributed by atoms with Gasteiger partial charge in [-0.2, -0.15) is 0 Å². The van der Waals surface area contributed by atoms with Gasteiger partial charge in [0.25, 0.3) is 0 Å². The van der Waals surface area contributed by atoms with Gasteiger partial charge in [-0.3, -0.25) is 4.21 Å². The summed E-state index contributed by atoms with van der Waals surface area (Å²) in [6, 6.07) is 5.59. The first-order chi connectivity index (χ1) is 8.72. The van der Waals surface area contributed by atoms with E-state index in [0.717, 1.165) is 0 Å². The number of hydrogen-bond donors (Lipinski definition) is 2. The lowest BCUT2D eigenvalue weighted by Gasteiger charge is -2.13. The minimum absolute atomic E-state index is 0.126. The van der Waals surface area contributed by atoms with Gasteiger partial charge in [0.15, 0.2) is 0 Å². The van der Waals surface area contributed by atoms with E-state index >= 15 is 0 Å². The zero-order valence-electron chi connectivity index (χ0n) is 10.6. The van der Waals surface area contributed by atoms with Crippen LogP contribution in [0.2, 0.25) is 0 Å². The summed E-state index contributed by atoms with van der Waals surface area (Å²) < 4.78 is 37.6. The molecule has 0 spiro atoms. The van der Waals surface area contributed by atoms with Gasteiger partial charge in [-0.1, -0.05) is 24.4 Å². The molecule has 0 heterocycles. The third kappa shape index (κ3) is 4.98. The van der Waals surface area contributed by atoms with Crippen molar-refractivity contribution in [3.05, 3.63) is 29.8 Å². The van der Waals surface area contributed by atoms with E-state index in [-0.39, 0.29) is 15.6 Å². The Morgan fingerprint density at radius 2 is 1.95 bits per heavy atom. The highest BCUT2D eigenvalue weighted by atomic mass is 32.2. The Kier molecular flexibility index (Phi) is 5.60. The van der Waals surface area contributed by atoms with E-state index in [9.17, 15) is 12.6 Å². The molecule has 0 aliphatic rings. The van der Waals surface area contributed by atoms with E-state index in [1.165, 1.54) is 18.4 Å². The molecule has 3 N–H and O–H groups in total. The van der Waals surface area contributed by atoms with Gasteiger partial charge in [0.1, 0.15) is 4.99 Å². The van der Waals surface area contributed by atoms with Crippen LogP contribution in [0, 0.1) is 0 Å². The molecule has 0 fully saturated rings. The van der Waals surface area contributed by atoms with Crippen LogP contribution in [0.25, 0.3) is 0 Å². The van der Waals surface area contributed by atoms with Crippen LogP contribution in [0.5, 0.6) is 0 Å². The van der Waals surface area contributed by atoms with E-state index in [2.05, 4.69) is 4.72 Å². The predicted molar refractivity (Wildman–Crippen MR) is 81.0 cm³/mol. The van der Waals surface area contributed by atoms with Crippen LogP contribution in [-0.2, 0) is 20.8 Å². The second-order valence-corrected chi connectivity index (χ2v) is 7.78. The second-order valence-electron chi connectivity index (χ2n) is 4.15. The molecule has 0 amide bonds. The molecule has 0 aliphatic carbocycles. The van der Waals surface area contributed by atoms with Crippen LogP contribution in [0.4, 0.5) is 0 Å². The van der Waals surface area contributed by atoms with E-state index < -0.39 is 26.9 Å². The van der Waals surface area contributed by atoms with Crippen LogP contribution in [0.15, 0.2) is 29.2 Å². The Morgan fingerprint density at radius 3 is 2.37 bits per heavy atom. The van der Waals surface area contributed by atoms with Gasteiger partial charge in [-0.15, -0.1) is 0 Å². The van der Waals surface area contributed by atoms with E-state index in [4.69, 9.17) is 18.0 Å². The van der Waals surface area contributed by atoms with Crippen molar-refractivity contribution in [3.8, 4) is 0 Å². The topological polar surface area (TPSA) is 89.3 Å². The summed E-state index contributed by atoms with van der Waals surface area (Å²) >= 11 is 4.80. The Hall–Kier alpha value is -0.830. The average Bonchev–Trinajstić information content (AvgIpc) is 2.27. The summed E-state index contributed by atoms with van der Waals surface area (Å²) in [6.45, 7) is 1.67. The van der Waals surface area contributed by atoms with Crippen molar-refractivity contribution < 1.29 is 12.6 Å². The number of nitrogens with two attached hydrogens (primary N) is 1. The zero-order chi connectivity index (χ0) is 14.6. The molecule has 0 aliphatic heterocycles. The molecule has 5 nitrogen and oxygen atoms in total. The third-order valence-electron chi connectivity index (χ3n) is 2.29. The van der Waals surface area contributed by atoms with Crippen molar-refractivity contribution in [2.75, 3.05) is 12.0 Å². The second kappa shape index (κ2) is 6.56. The van der Waals surface area contributed by atoms with Crippen LogP contribution < -0.4 is 10.5 Å². The molecule has 1 aromatic rings. The highest BCUT2D eigenvalue weighted by Gasteiger charge is 2.18. The number of sulfonamides is 1. The number of rotatable bonds is 6. The molecule has 0 saturated heterocycles. The van der Waals surface area contributed by atoms with E-state index in [1.54, 1.807) is 19.1 Å². The summed E-state index contributed by atoms with van der Waals surface area (Å²) in [5.74, 6) is 0.268. The predicted octanol–water partition coefficient (Wildman–Crippen LogP) is 0.366. The highest BCUT2D eigenvalue weighted by molar-refractivity contribution is 7.89. The average molecular weight is 320 g/mol. The standard InChI is InChI=1S/C11H16N2O3S3/c1-8(7-18(2)14)13-19(15,16)10-5-3-9(4-6-10)11(12)17/h3-6,8,13H,7H2,1-2H3,(H2,12,17). The fraction of sp³-hybridized carbons (Fsp3) is 0.364. The molecule has 0 saturated carbocycles. The Labute approximate surface area is 121 Å². The van der Waals surface area contributed by atoms with Crippen LogP contribution in [-0.4, -0.2) is 35.7 Å². The Bertz CT molecular complexity index is 582. The molecular formula is C11H16N2O3S3. The first-order valence-electron chi connectivity index (χ1n) is 5.44. The lowest BCUT2D eigenvalue weighted by atomic mass is 10.2. The van der Waals surface area contributed by atoms with Crippen molar-refractivity contribution in [1.82, 2.24) is 4.72 Å². The van der Waals surface area contributed by atoms with Crippen molar-refractivity contribution in [3.63, 3.8) is 0 Å². The summed E-state index contributed by atoms with van der Waals surface area (Å²) in [7, 11) is -4.67. The van der Waals surface area contributed by atoms with E-state index in [1.807, 2.05) is 0 Å². The molecule has 106 valence electrons. The maximum atomic E-state index is 12.0. The minimum Gasteiger partial charge on any atom is -0.389 e. The fourth-order valence-corrected chi connectivity index (χ4v) is 3.79. The van der Waals surface area contributed by atoms with Crippen LogP contribution >= 0.6 is 12.2 Å². The SMILES string of the molecule is CC(CS(C)=O)NS(=O)(=O)c1ccc(C(N)=S)cc1. The molecule has 0 aromatic heterocycles. The number of benzene rings is 1. The molecule has 1 aromatic carbocycles. The molecular weight excluding hydrogens is 304 g/mol. The summed E-state index contributed by atoms with van der Waals surface area (Å²) in [5, 5.41) is 0. The monoisotopic (exact) mass is 320 g/mol. The number of hydrogen-bond acceptors (Lipinski definition) is 4. The smallest absolute Gasteiger partial charge is 0.240 e. The first-order valence-corrected chi connectivity index (χ1v) is 9.06. The molecule has 19 heavy (non-hydrogen) atoms. The summed E-state index contributed by atoms with van der Waals surface area (Å²) in [6.07, 6.45) is 1.53. The Morgan fingerprint density at radius 1 is 1.42 bits per heavy atom. The largest absolute Gasteiger partial charge is 0.389 e. The van der Waals surface area contributed by atoms with Gasteiger partial charge in [0.2, 0.25) is 10.0 Å². The maximum Gasteiger partial charge on any atom is 0.240 e.